The minimum absolute atomic E-state index is 0.334. The lowest BCUT2D eigenvalue weighted by molar-refractivity contribution is -0.137. The number of amides is 2. The molecule has 12 heteroatoms. The summed E-state index contributed by atoms with van der Waals surface area (Å²) in [6, 6.07) is 11.2. The first-order valence-corrected chi connectivity index (χ1v) is 15.8. The fourth-order valence-electron chi connectivity index (χ4n) is 5.00. The number of thioether (sulfide) groups is 1. The Bertz CT molecular complexity index is 1450. The third-order valence-corrected chi connectivity index (χ3v) is 8.38. The molecule has 0 unspecified atom stereocenters. The van der Waals surface area contributed by atoms with Gasteiger partial charge < -0.3 is 25.6 Å². The molecule has 0 atom stereocenters. The van der Waals surface area contributed by atoms with Crippen LogP contribution in [0.25, 0.3) is 10.9 Å². The number of hydrogen-bond acceptors (Lipinski definition) is 7. The first-order valence-electron chi connectivity index (χ1n) is 14.8. The monoisotopic (exact) mass is 631 g/mol. The number of primary amides is 1. The van der Waals surface area contributed by atoms with E-state index < -0.39 is 23.2 Å². The summed E-state index contributed by atoms with van der Waals surface area (Å²) in [5.41, 5.74) is 6.86. The molecule has 0 saturated carbocycles. The zero-order valence-electron chi connectivity index (χ0n) is 25.4. The lowest BCUT2D eigenvalue weighted by Gasteiger charge is -2.37. The highest BCUT2D eigenvalue weighted by molar-refractivity contribution is 7.99. The minimum atomic E-state index is -4.39. The molecular formula is C32H40F3N5O3S. The van der Waals surface area contributed by atoms with E-state index in [2.05, 4.69) is 15.2 Å². The van der Waals surface area contributed by atoms with Crippen molar-refractivity contribution in [3.63, 3.8) is 0 Å². The predicted octanol–water partition coefficient (Wildman–Crippen LogP) is 7.17. The number of aromatic nitrogens is 1. The second kappa shape index (κ2) is 14.4. The van der Waals surface area contributed by atoms with Crippen LogP contribution in [0.5, 0.6) is 0 Å². The number of piperazine rings is 1. The second-order valence-electron chi connectivity index (χ2n) is 11.8. The Hall–Kier alpha value is -3.67. The van der Waals surface area contributed by atoms with Gasteiger partial charge in [0, 0.05) is 60.6 Å². The van der Waals surface area contributed by atoms with Crippen LogP contribution in [0.15, 0.2) is 53.6 Å². The van der Waals surface area contributed by atoms with Crippen LogP contribution < -0.4 is 16.0 Å². The number of carbonyl (C=O) groups is 2. The maximum Gasteiger partial charge on any atom is 0.416 e. The van der Waals surface area contributed by atoms with Crippen LogP contribution in [0, 0.1) is 0 Å². The van der Waals surface area contributed by atoms with Gasteiger partial charge >= 0.3 is 12.3 Å². The molecule has 238 valence electrons. The van der Waals surface area contributed by atoms with Crippen molar-refractivity contribution in [2.45, 2.75) is 63.1 Å². The van der Waals surface area contributed by atoms with Gasteiger partial charge in [0.25, 0.3) is 5.91 Å². The fraction of sp³-hybridized carbons (Fsp3) is 0.469. The number of ether oxygens (including phenoxy) is 1. The molecule has 0 bridgehead atoms. The topological polar surface area (TPSA) is 101 Å². The van der Waals surface area contributed by atoms with Crippen LogP contribution in [-0.2, 0) is 10.9 Å². The Labute approximate surface area is 260 Å². The summed E-state index contributed by atoms with van der Waals surface area (Å²) in [4.78, 5) is 33.5. The summed E-state index contributed by atoms with van der Waals surface area (Å²) in [5, 5.41) is 4.11. The van der Waals surface area contributed by atoms with Crippen LogP contribution in [-0.4, -0.2) is 66.0 Å². The number of hydrogen-bond donors (Lipinski definition) is 2. The number of rotatable bonds is 11. The van der Waals surface area contributed by atoms with Crippen LogP contribution >= 0.6 is 11.8 Å². The van der Waals surface area contributed by atoms with Crippen molar-refractivity contribution in [1.82, 2.24) is 9.88 Å². The summed E-state index contributed by atoms with van der Waals surface area (Å²) in [7, 11) is 0. The summed E-state index contributed by atoms with van der Waals surface area (Å²) >= 11 is 1.63. The highest BCUT2D eigenvalue weighted by Crippen LogP contribution is 2.34. The zero-order valence-corrected chi connectivity index (χ0v) is 26.2. The number of nitrogens with one attached hydrogen (secondary N) is 1. The summed E-state index contributed by atoms with van der Waals surface area (Å²) < 4.78 is 44.5. The average Bonchev–Trinajstić information content (AvgIpc) is 2.97. The molecule has 0 spiro atoms. The number of nitrogens with zero attached hydrogens (tertiary/aromatic N) is 3. The van der Waals surface area contributed by atoms with Gasteiger partial charge in [-0.05, 0) is 75.8 Å². The number of alkyl halides is 3. The molecular weight excluding hydrogens is 591 g/mol. The summed E-state index contributed by atoms with van der Waals surface area (Å²) in [6.45, 7) is 8.39. The van der Waals surface area contributed by atoms with Crippen molar-refractivity contribution in [3.8, 4) is 0 Å². The van der Waals surface area contributed by atoms with Crippen molar-refractivity contribution in [1.29, 1.82) is 0 Å². The number of anilines is 2. The molecule has 44 heavy (non-hydrogen) atoms. The number of benzene rings is 2. The second-order valence-corrected chi connectivity index (χ2v) is 12.9. The van der Waals surface area contributed by atoms with Gasteiger partial charge in [0.15, 0.2) is 0 Å². The molecule has 3 aromatic rings. The average molecular weight is 632 g/mol. The Morgan fingerprint density at radius 3 is 2.39 bits per heavy atom. The number of halogens is 3. The molecule has 0 aliphatic carbocycles. The number of pyridine rings is 1. The summed E-state index contributed by atoms with van der Waals surface area (Å²) in [5.74, 6) is 0.363. The molecule has 8 nitrogen and oxygen atoms in total. The van der Waals surface area contributed by atoms with E-state index in [4.69, 9.17) is 10.5 Å². The normalized spacial score (nSPS) is 14.1. The molecule has 1 aliphatic rings. The quantitative estimate of drug-likeness (QED) is 0.171. The number of nitrogens with two attached hydrogens (primary N) is 1. The van der Waals surface area contributed by atoms with E-state index in [9.17, 15) is 22.8 Å². The van der Waals surface area contributed by atoms with Gasteiger partial charge in [0.05, 0.1) is 16.6 Å². The predicted molar refractivity (Wildman–Crippen MR) is 169 cm³/mol. The molecule has 0 radical (unpaired) electrons. The first kappa shape index (κ1) is 33.2. The molecule has 1 aliphatic heterocycles. The highest BCUT2D eigenvalue weighted by atomic mass is 32.2. The minimum Gasteiger partial charge on any atom is -0.444 e. The van der Waals surface area contributed by atoms with Crippen LogP contribution in [0.4, 0.5) is 29.3 Å². The Morgan fingerprint density at radius 1 is 0.977 bits per heavy atom. The SMILES string of the molecule is CC(C)(C)OC(=O)N1CCN(c2ccc(NCCCCCCSc3ccnc4cc(C(F)(F)F)ccc34)cc2C(N)=O)CC1. The van der Waals surface area contributed by atoms with Crippen LogP contribution in [0.2, 0.25) is 0 Å². The van der Waals surface area contributed by atoms with E-state index in [1.54, 1.807) is 28.9 Å². The largest absolute Gasteiger partial charge is 0.444 e. The highest BCUT2D eigenvalue weighted by Gasteiger charge is 2.31. The van der Waals surface area contributed by atoms with Crippen molar-refractivity contribution in [2.24, 2.45) is 5.73 Å². The lowest BCUT2D eigenvalue weighted by atomic mass is 10.1. The van der Waals surface area contributed by atoms with Gasteiger partial charge in [0.2, 0.25) is 0 Å². The molecule has 2 aromatic carbocycles. The van der Waals surface area contributed by atoms with Gasteiger partial charge in [-0.25, -0.2) is 4.79 Å². The molecule has 2 heterocycles. The van der Waals surface area contributed by atoms with Crippen molar-refractivity contribution >= 4 is 46.0 Å². The van der Waals surface area contributed by atoms with Gasteiger partial charge in [0.1, 0.15) is 5.60 Å². The zero-order chi connectivity index (χ0) is 31.9. The van der Waals surface area contributed by atoms with E-state index in [0.717, 1.165) is 71.8 Å². The Kier molecular flexibility index (Phi) is 10.9. The number of carbonyl (C=O) groups excluding carboxylic acids is 2. The molecule has 1 saturated heterocycles. The van der Waals surface area contributed by atoms with Crippen molar-refractivity contribution < 1.29 is 27.5 Å². The van der Waals surface area contributed by atoms with Gasteiger partial charge in [-0.2, -0.15) is 13.2 Å². The van der Waals surface area contributed by atoms with Crippen molar-refractivity contribution in [2.75, 3.05) is 48.7 Å². The number of fused-ring (bicyclic) bond motifs is 1. The summed E-state index contributed by atoms with van der Waals surface area (Å²) in [6.07, 6.45) is 0.806. The van der Waals surface area contributed by atoms with E-state index in [-0.39, 0.29) is 6.09 Å². The van der Waals surface area contributed by atoms with E-state index in [1.807, 2.05) is 39.0 Å². The van der Waals surface area contributed by atoms with Crippen molar-refractivity contribution in [3.05, 3.63) is 59.8 Å². The Morgan fingerprint density at radius 2 is 1.70 bits per heavy atom. The molecule has 1 aromatic heterocycles. The van der Waals surface area contributed by atoms with Gasteiger partial charge in [-0.15, -0.1) is 11.8 Å². The maximum absolute atomic E-state index is 13.0. The van der Waals surface area contributed by atoms with E-state index >= 15 is 0 Å². The smallest absolute Gasteiger partial charge is 0.416 e. The van der Waals surface area contributed by atoms with E-state index in [1.165, 1.54) is 6.07 Å². The van der Waals surface area contributed by atoms with Crippen LogP contribution in [0.3, 0.4) is 0 Å². The fourth-order valence-corrected chi connectivity index (χ4v) is 6.05. The third-order valence-electron chi connectivity index (χ3n) is 7.22. The first-order chi connectivity index (χ1) is 20.8. The van der Waals surface area contributed by atoms with Gasteiger partial charge in [-0.1, -0.05) is 18.9 Å². The van der Waals surface area contributed by atoms with E-state index in [0.29, 0.717) is 37.3 Å². The lowest BCUT2D eigenvalue weighted by Crippen LogP contribution is -2.50. The molecule has 2 amide bonds. The molecule has 1 fully saturated rings. The van der Waals surface area contributed by atoms with Gasteiger partial charge in [-0.3, -0.25) is 9.78 Å². The Balaban J connectivity index is 1.19. The standard InChI is InChI=1S/C32H40F3N5O3S/c1-31(2,3)43-30(42)40-17-15-39(16-18-40)27-11-9-23(21-25(27)29(36)41)37-13-6-4-5-7-19-44-28-12-14-38-26-20-22(32(33,34)35)8-10-24(26)28/h8-12,14,20-21,37H,4-7,13,15-19H2,1-3H3,(H2,36,41). The number of unbranched alkanes of at least 4 members (excludes halogenated alkanes) is 3. The molecule has 4 rings (SSSR count). The maximum atomic E-state index is 13.0. The van der Waals surface area contributed by atoms with Crippen LogP contribution in [0.1, 0.15) is 62.4 Å². The third kappa shape index (κ3) is 9.17. The molecule has 3 N–H and O–H groups in total.